The highest BCUT2D eigenvalue weighted by Crippen LogP contribution is 2.42. The number of hydrogen-bond acceptors (Lipinski definition) is 2. The minimum absolute atomic E-state index is 0.285. The summed E-state index contributed by atoms with van der Waals surface area (Å²) in [6, 6.07) is 0. The average molecular weight is 295 g/mol. The van der Waals surface area contributed by atoms with Gasteiger partial charge in [0.25, 0.3) is 11.8 Å². The molecule has 4 nitrogen and oxygen atoms in total. The Bertz CT molecular complexity index is 318. The quantitative estimate of drug-likeness (QED) is 0.748. The third kappa shape index (κ3) is 1.73. The van der Waals surface area contributed by atoms with Gasteiger partial charge in [0.2, 0.25) is 0 Å². The second kappa shape index (κ2) is 5.25. The van der Waals surface area contributed by atoms with Gasteiger partial charge in [0.15, 0.2) is 0 Å². The van der Waals surface area contributed by atoms with Gasteiger partial charge in [-0.05, 0) is 25.7 Å². The molecule has 6 heteroatoms. The lowest BCUT2D eigenvalue weighted by Crippen LogP contribution is -2.71. The van der Waals surface area contributed by atoms with Crippen LogP contribution in [0.1, 0.15) is 53.4 Å². The van der Waals surface area contributed by atoms with Gasteiger partial charge in [-0.15, -0.1) is 0 Å². The van der Waals surface area contributed by atoms with Crippen LogP contribution in [-0.4, -0.2) is 31.7 Å². The minimum atomic E-state index is -1.02. The van der Waals surface area contributed by atoms with E-state index in [1.54, 1.807) is 0 Å². The molecule has 0 aliphatic carbocycles. The molecule has 1 aliphatic heterocycles. The average Bonchev–Trinajstić information content (AvgIpc) is 2.40. The van der Waals surface area contributed by atoms with Crippen LogP contribution in [0.25, 0.3) is 0 Å². The summed E-state index contributed by atoms with van der Waals surface area (Å²) in [4.78, 5) is 25.0. The first-order chi connectivity index (χ1) is 8.37. The van der Waals surface area contributed by atoms with Gasteiger partial charge in [-0.25, -0.2) is 8.84 Å². The monoisotopic (exact) mass is 294 g/mol. The predicted molar refractivity (Wildman–Crippen MR) is 72.0 cm³/mol. The molecular weight excluding hydrogens is 275 g/mol. The second-order valence-corrected chi connectivity index (χ2v) is 5.33. The van der Waals surface area contributed by atoms with E-state index in [-0.39, 0.29) is 11.8 Å². The topological polar surface area (TPSA) is 40.6 Å². The molecule has 0 bridgehead atoms. The van der Waals surface area contributed by atoms with Crippen molar-refractivity contribution in [3.63, 3.8) is 0 Å². The Morgan fingerprint density at radius 2 is 1.00 bits per heavy atom. The summed E-state index contributed by atoms with van der Waals surface area (Å²) in [5.74, 6) is -0.570. The van der Waals surface area contributed by atoms with Crippen molar-refractivity contribution in [2.24, 2.45) is 0 Å². The highest BCUT2D eigenvalue weighted by atomic mass is 35.5. The minimum Gasteiger partial charge on any atom is -0.271 e. The lowest BCUT2D eigenvalue weighted by molar-refractivity contribution is -0.166. The van der Waals surface area contributed by atoms with Gasteiger partial charge in [0.1, 0.15) is 11.1 Å². The second-order valence-electron chi connectivity index (χ2n) is 4.65. The van der Waals surface area contributed by atoms with E-state index in [0.29, 0.717) is 25.7 Å². The molecule has 1 aliphatic rings. The summed E-state index contributed by atoms with van der Waals surface area (Å²) < 4.78 is 2.17. The van der Waals surface area contributed by atoms with E-state index in [1.807, 2.05) is 27.7 Å². The molecule has 0 radical (unpaired) electrons. The van der Waals surface area contributed by atoms with Crippen LogP contribution in [-0.2, 0) is 9.59 Å². The van der Waals surface area contributed by atoms with Gasteiger partial charge >= 0.3 is 0 Å². The third-order valence-corrected chi connectivity index (χ3v) is 5.20. The van der Waals surface area contributed by atoms with E-state index < -0.39 is 11.1 Å². The first-order valence-corrected chi connectivity index (χ1v) is 7.06. The smallest absolute Gasteiger partial charge is 0.265 e. The van der Waals surface area contributed by atoms with Crippen LogP contribution in [0.4, 0.5) is 0 Å². The molecule has 0 aromatic rings. The Hall–Kier alpha value is -0.480. The maximum atomic E-state index is 12.5. The molecule has 0 aromatic heterocycles. The zero-order valence-electron chi connectivity index (χ0n) is 11.3. The largest absolute Gasteiger partial charge is 0.271 e. The molecule has 0 unspecified atom stereocenters. The van der Waals surface area contributed by atoms with Crippen LogP contribution in [0.15, 0.2) is 0 Å². The molecule has 0 aromatic carbocycles. The molecule has 2 amide bonds. The van der Waals surface area contributed by atoms with E-state index in [4.69, 9.17) is 23.6 Å². The molecule has 104 valence electrons. The number of rotatable bonds is 4. The SMILES string of the molecule is CCC1(CC)C(=O)N(Cl)C(CC)(CC)C(=O)N1Cl. The Morgan fingerprint density at radius 3 is 1.17 bits per heavy atom. The fraction of sp³-hybridized carbons (Fsp3) is 0.833. The summed E-state index contributed by atoms with van der Waals surface area (Å²) in [5, 5.41) is 0. The van der Waals surface area contributed by atoms with E-state index >= 15 is 0 Å². The first kappa shape index (κ1) is 15.6. The molecule has 0 atom stereocenters. The molecule has 1 fully saturated rings. The van der Waals surface area contributed by atoms with E-state index in [0.717, 1.165) is 8.84 Å². The normalized spacial score (nSPS) is 22.6. The zero-order valence-corrected chi connectivity index (χ0v) is 12.8. The van der Waals surface area contributed by atoms with E-state index in [1.165, 1.54) is 0 Å². The van der Waals surface area contributed by atoms with Crippen molar-refractivity contribution < 1.29 is 9.59 Å². The standard InChI is InChI=1S/C12H20Cl2N2O2/c1-5-11(6-2)9(17)16(14)12(7-3,8-4)10(18)15(11)13/h5-8H2,1-4H3. The van der Waals surface area contributed by atoms with Crippen molar-refractivity contribution in [3.8, 4) is 0 Å². The van der Waals surface area contributed by atoms with Crippen molar-refractivity contribution in [1.82, 2.24) is 8.84 Å². The van der Waals surface area contributed by atoms with Gasteiger partial charge in [-0.1, -0.05) is 27.7 Å². The number of halogens is 2. The van der Waals surface area contributed by atoms with Gasteiger partial charge < -0.3 is 0 Å². The van der Waals surface area contributed by atoms with Gasteiger partial charge in [0.05, 0.1) is 0 Å². The van der Waals surface area contributed by atoms with E-state index in [2.05, 4.69) is 0 Å². The van der Waals surface area contributed by atoms with Crippen molar-refractivity contribution in [1.29, 1.82) is 0 Å². The molecule has 1 heterocycles. The van der Waals surface area contributed by atoms with Gasteiger partial charge in [-0.2, -0.15) is 0 Å². The Kier molecular flexibility index (Phi) is 4.55. The lowest BCUT2D eigenvalue weighted by Gasteiger charge is -2.51. The van der Waals surface area contributed by atoms with Crippen LogP contribution >= 0.6 is 23.6 Å². The number of piperazine rings is 1. The van der Waals surface area contributed by atoms with Gasteiger partial charge in [-0.3, -0.25) is 9.59 Å². The number of nitrogens with zero attached hydrogens (tertiary/aromatic N) is 2. The Balaban J connectivity index is 3.35. The van der Waals surface area contributed by atoms with Gasteiger partial charge in [0, 0.05) is 23.6 Å². The molecule has 1 rings (SSSR count). The van der Waals surface area contributed by atoms with Crippen molar-refractivity contribution in [2.45, 2.75) is 64.5 Å². The summed E-state index contributed by atoms with van der Waals surface area (Å²) in [6.07, 6.45) is 1.79. The van der Waals surface area contributed by atoms with E-state index in [9.17, 15) is 9.59 Å². The predicted octanol–water partition coefficient (Wildman–Crippen LogP) is 3.08. The summed E-state index contributed by atoms with van der Waals surface area (Å²) in [7, 11) is 0. The third-order valence-electron chi connectivity index (χ3n) is 4.24. The van der Waals surface area contributed by atoms with Crippen molar-refractivity contribution in [2.75, 3.05) is 0 Å². The summed E-state index contributed by atoms with van der Waals surface area (Å²) in [5.41, 5.74) is -2.04. The summed E-state index contributed by atoms with van der Waals surface area (Å²) >= 11 is 12.3. The molecular formula is C12H20Cl2N2O2. The lowest BCUT2D eigenvalue weighted by atomic mass is 9.81. The van der Waals surface area contributed by atoms with Crippen molar-refractivity contribution in [3.05, 3.63) is 0 Å². The van der Waals surface area contributed by atoms with Crippen LogP contribution in [0, 0.1) is 0 Å². The number of carbonyl (C=O) groups is 2. The number of amides is 2. The van der Waals surface area contributed by atoms with Crippen molar-refractivity contribution >= 4 is 35.4 Å². The zero-order chi connectivity index (χ0) is 14.1. The first-order valence-electron chi connectivity index (χ1n) is 6.38. The fourth-order valence-corrected chi connectivity index (χ4v) is 3.52. The Labute approximate surface area is 118 Å². The van der Waals surface area contributed by atoms with Crippen LogP contribution in [0.3, 0.4) is 0 Å². The molecule has 1 saturated heterocycles. The Morgan fingerprint density at radius 1 is 0.778 bits per heavy atom. The number of hydrogen-bond donors (Lipinski definition) is 0. The highest BCUT2D eigenvalue weighted by Gasteiger charge is 2.60. The van der Waals surface area contributed by atoms with Crippen LogP contribution in [0.5, 0.6) is 0 Å². The molecule has 0 saturated carbocycles. The van der Waals surface area contributed by atoms with Crippen LogP contribution < -0.4 is 0 Å². The summed E-state index contributed by atoms with van der Waals surface area (Å²) in [6.45, 7) is 7.33. The fourth-order valence-electron chi connectivity index (χ4n) is 2.58. The highest BCUT2D eigenvalue weighted by molar-refractivity contribution is 6.32. The molecule has 0 N–H and O–H groups in total. The maximum absolute atomic E-state index is 12.5. The molecule has 18 heavy (non-hydrogen) atoms. The maximum Gasteiger partial charge on any atom is 0.265 e. The number of carbonyl (C=O) groups excluding carboxylic acids is 2. The molecule has 0 spiro atoms. The van der Waals surface area contributed by atoms with Crippen LogP contribution in [0.2, 0.25) is 0 Å².